The lowest BCUT2D eigenvalue weighted by Gasteiger charge is -2.23. The Labute approximate surface area is 205 Å². The highest BCUT2D eigenvalue weighted by molar-refractivity contribution is 6.43. The number of anilines is 3. The van der Waals surface area contributed by atoms with Crippen molar-refractivity contribution < 1.29 is 13.9 Å². The SMILES string of the molecule is COC[C@H](C)Nc1nccc(N(C(=O)NCc2cc(Cl)cc(Cl)c2Cl)c2ccc(F)cc2)n1. The van der Waals surface area contributed by atoms with E-state index >= 15 is 0 Å². The van der Waals surface area contributed by atoms with Crippen LogP contribution in [0, 0.1) is 5.82 Å². The summed E-state index contributed by atoms with van der Waals surface area (Å²) < 4.78 is 18.6. The molecule has 1 aromatic heterocycles. The Morgan fingerprint density at radius 3 is 2.61 bits per heavy atom. The van der Waals surface area contributed by atoms with Gasteiger partial charge in [0.05, 0.1) is 22.3 Å². The summed E-state index contributed by atoms with van der Waals surface area (Å²) >= 11 is 18.4. The first-order valence-corrected chi connectivity index (χ1v) is 11.0. The molecule has 0 spiro atoms. The molecule has 2 N–H and O–H groups in total. The largest absolute Gasteiger partial charge is 0.383 e. The van der Waals surface area contributed by atoms with Gasteiger partial charge in [0, 0.05) is 37.0 Å². The van der Waals surface area contributed by atoms with Gasteiger partial charge in [-0.1, -0.05) is 34.8 Å². The molecule has 0 bridgehead atoms. The number of nitrogens with zero attached hydrogens (tertiary/aromatic N) is 3. The number of amides is 2. The minimum absolute atomic E-state index is 0.0523. The van der Waals surface area contributed by atoms with Gasteiger partial charge in [-0.25, -0.2) is 19.1 Å². The average molecular weight is 513 g/mol. The lowest BCUT2D eigenvalue weighted by atomic mass is 10.2. The lowest BCUT2D eigenvalue weighted by Crippen LogP contribution is -2.37. The number of halogens is 4. The number of carbonyl (C=O) groups is 1. The van der Waals surface area contributed by atoms with Crippen molar-refractivity contribution in [1.29, 1.82) is 0 Å². The van der Waals surface area contributed by atoms with Crippen LogP contribution in [0.3, 0.4) is 0 Å². The van der Waals surface area contributed by atoms with Crippen molar-refractivity contribution >= 4 is 58.3 Å². The molecule has 1 heterocycles. The van der Waals surface area contributed by atoms with Crippen LogP contribution in [0.5, 0.6) is 0 Å². The molecule has 0 saturated carbocycles. The van der Waals surface area contributed by atoms with E-state index in [0.29, 0.717) is 28.8 Å². The van der Waals surface area contributed by atoms with Gasteiger partial charge in [0.1, 0.15) is 11.6 Å². The second-order valence-corrected chi connectivity index (χ2v) is 8.29. The van der Waals surface area contributed by atoms with Gasteiger partial charge in [-0.05, 0) is 48.9 Å². The second kappa shape index (κ2) is 11.5. The number of hydrogen-bond acceptors (Lipinski definition) is 5. The zero-order valence-electron chi connectivity index (χ0n) is 17.8. The van der Waals surface area contributed by atoms with Gasteiger partial charge < -0.3 is 15.4 Å². The Hall–Kier alpha value is -2.65. The van der Waals surface area contributed by atoms with Crippen LogP contribution in [0.4, 0.5) is 26.6 Å². The molecule has 0 aliphatic carbocycles. The minimum Gasteiger partial charge on any atom is -0.383 e. The Kier molecular flexibility index (Phi) is 8.68. The Bertz CT molecular complexity index is 1120. The zero-order chi connectivity index (χ0) is 24.0. The second-order valence-electron chi connectivity index (χ2n) is 7.07. The molecule has 0 radical (unpaired) electrons. The number of benzene rings is 2. The normalized spacial score (nSPS) is 11.7. The molecule has 33 heavy (non-hydrogen) atoms. The van der Waals surface area contributed by atoms with E-state index in [9.17, 15) is 9.18 Å². The summed E-state index contributed by atoms with van der Waals surface area (Å²) in [5, 5.41) is 6.84. The van der Waals surface area contributed by atoms with Gasteiger partial charge in [-0.3, -0.25) is 0 Å². The Morgan fingerprint density at radius 2 is 1.91 bits per heavy atom. The summed E-state index contributed by atoms with van der Waals surface area (Å²) in [5.41, 5.74) is 0.943. The molecular formula is C22H21Cl3FN5O2. The van der Waals surface area contributed by atoms with Crippen molar-refractivity contribution in [2.24, 2.45) is 0 Å². The van der Waals surface area contributed by atoms with Crippen molar-refractivity contribution in [3.63, 3.8) is 0 Å². The average Bonchev–Trinajstić information content (AvgIpc) is 2.77. The molecule has 2 aromatic carbocycles. The number of carbonyl (C=O) groups excluding carboxylic acids is 1. The molecule has 3 aromatic rings. The van der Waals surface area contributed by atoms with Crippen LogP contribution in [-0.2, 0) is 11.3 Å². The summed E-state index contributed by atoms with van der Waals surface area (Å²) in [6.07, 6.45) is 1.52. The van der Waals surface area contributed by atoms with E-state index in [-0.39, 0.29) is 28.4 Å². The maximum Gasteiger partial charge on any atom is 0.327 e. The summed E-state index contributed by atoms with van der Waals surface area (Å²) in [6, 6.07) is 9.56. The molecule has 0 aliphatic heterocycles. The third-order valence-electron chi connectivity index (χ3n) is 4.45. The summed E-state index contributed by atoms with van der Waals surface area (Å²) in [4.78, 5) is 23.2. The minimum atomic E-state index is -0.525. The van der Waals surface area contributed by atoms with E-state index < -0.39 is 11.8 Å². The molecule has 0 saturated heterocycles. The summed E-state index contributed by atoms with van der Waals surface area (Å²) in [6.45, 7) is 2.40. The van der Waals surface area contributed by atoms with Crippen LogP contribution < -0.4 is 15.5 Å². The number of aromatic nitrogens is 2. The van der Waals surface area contributed by atoms with Crippen molar-refractivity contribution in [2.45, 2.75) is 19.5 Å². The molecule has 7 nitrogen and oxygen atoms in total. The number of hydrogen-bond donors (Lipinski definition) is 2. The standard InChI is InChI=1S/C22H21Cl3FN5O2/c1-13(12-33-2)29-21-27-8-7-19(30-21)31(17-5-3-16(26)4-6-17)22(32)28-11-14-9-15(23)10-18(24)20(14)25/h3-10,13H,11-12H2,1-2H3,(H,28,32)(H,27,29,30)/t13-/m0/s1. The van der Waals surface area contributed by atoms with Gasteiger partial charge >= 0.3 is 6.03 Å². The molecule has 11 heteroatoms. The third-order valence-corrected chi connectivity index (χ3v) is 5.51. The Balaban J connectivity index is 1.89. The highest BCUT2D eigenvalue weighted by Crippen LogP contribution is 2.30. The Morgan fingerprint density at radius 1 is 1.18 bits per heavy atom. The summed E-state index contributed by atoms with van der Waals surface area (Å²) in [5.74, 6) is 0.149. The lowest BCUT2D eigenvalue weighted by molar-refractivity contribution is 0.190. The predicted octanol–water partition coefficient (Wildman–Crippen LogP) is 6.07. The molecule has 3 rings (SSSR count). The smallest absolute Gasteiger partial charge is 0.327 e. The van der Waals surface area contributed by atoms with Crippen LogP contribution in [-0.4, -0.2) is 35.8 Å². The van der Waals surface area contributed by atoms with Crippen LogP contribution in [0.25, 0.3) is 0 Å². The van der Waals surface area contributed by atoms with E-state index in [2.05, 4.69) is 20.6 Å². The fourth-order valence-corrected chi connectivity index (χ4v) is 3.70. The molecule has 2 amide bonds. The maximum absolute atomic E-state index is 13.5. The van der Waals surface area contributed by atoms with Crippen LogP contribution >= 0.6 is 34.8 Å². The van der Waals surface area contributed by atoms with E-state index in [1.54, 1.807) is 19.2 Å². The van der Waals surface area contributed by atoms with E-state index in [0.717, 1.165) is 0 Å². The van der Waals surface area contributed by atoms with Gasteiger partial charge in [-0.15, -0.1) is 0 Å². The van der Waals surface area contributed by atoms with E-state index in [1.807, 2.05) is 6.92 Å². The van der Waals surface area contributed by atoms with Crippen molar-refractivity contribution in [3.8, 4) is 0 Å². The van der Waals surface area contributed by atoms with E-state index in [1.165, 1.54) is 41.4 Å². The van der Waals surface area contributed by atoms with Gasteiger partial charge in [0.15, 0.2) is 0 Å². The van der Waals surface area contributed by atoms with Crippen molar-refractivity contribution in [2.75, 3.05) is 23.9 Å². The predicted molar refractivity (Wildman–Crippen MR) is 129 cm³/mol. The number of nitrogens with one attached hydrogen (secondary N) is 2. The summed E-state index contributed by atoms with van der Waals surface area (Å²) in [7, 11) is 1.59. The molecule has 0 unspecified atom stereocenters. The number of methoxy groups -OCH3 is 1. The number of rotatable bonds is 8. The first kappa shape index (κ1) is 25.0. The van der Waals surface area contributed by atoms with E-state index in [4.69, 9.17) is 39.5 Å². The fraction of sp³-hybridized carbons (Fsp3) is 0.227. The van der Waals surface area contributed by atoms with Gasteiger partial charge in [-0.2, -0.15) is 4.98 Å². The quantitative estimate of drug-likeness (QED) is 0.358. The number of urea groups is 1. The topological polar surface area (TPSA) is 79.4 Å². The number of ether oxygens (including phenoxy) is 1. The molecule has 174 valence electrons. The van der Waals surface area contributed by atoms with Gasteiger partial charge in [0.2, 0.25) is 5.95 Å². The molecule has 0 aliphatic rings. The van der Waals surface area contributed by atoms with Crippen molar-refractivity contribution in [3.05, 3.63) is 75.1 Å². The molecule has 0 fully saturated rings. The maximum atomic E-state index is 13.5. The monoisotopic (exact) mass is 511 g/mol. The van der Waals surface area contributed by atoms with Crippen molar-refractivity contribution in [1.82, 2.24) is 15.3 Å². The molecular weight excluding hydrogens is 492 g/mol. The van der Waals surface area contributed by atoms with Gasteiger partial charge in [0.25, 0.3) is 0 Å². The zero-order valence-corrected chi connectivity index (χ0v) is 20.0. The third kappa shape index (κ3) is 6.68. The highest BCUT2D eigenvalue weighted by Gasteiger charge is 2.21. The first-order chi connectivity index (χ1) is 15.8. The van der Waals surface area contributed by atoms with Crippen LogP contribution in [0.15, 0.2) is 48.7 Å². The van der Waals surface area contributed by atoms with Crippen LogP contribution in [0.1, 0.15) is 12.5 Å². The highest BCUT2D eigenvalue weighted by atomic mass is 35.5. The molecule has 1 atom stereocenters. The first-order valence-electron chi connectivity index (χ1n) is 9.84. The van der Waals surface area contributed by atoms with Crippen LogP contribution in [0.2, 0.25) is 15.1 Å². The fourth-order valence-electron chi connectivity index (χ4n) is 2.99.